The molecule has 0 bridgehead atoms. The summed E-state index contributed by atoms with van der Waals surface area (Å²) < 4.78 is 98.5. The van der Waals surface area contributed by atoms with Crippen LogP contribution in [0.15, 0.2) is 120 Å². The Hall–Kier alpha value is -7.61. The SMILES string of the molecule is C.COc1cc(Cc2cc(Cl)cn(C(C(=O)O)c3cc(F)c(F)c(F)c3)c2=O)ccc1-n1cnc(C)c1.COc1cc(Cc2cc(Cl)cn(C(CO)c3cc(F)c(F)c(F)c3)c2=O)ccc1-n1cnc(C)c1. The Balaban J connectivity index is 0.000000232. The topological polar surface area (TPSA) is 156 Å². The van der Waals surface area contributed by atoms with Crippen LogP contribution in [0.4, 0.5) is 26.3 Å². The van der Waals surface area contributed by atoms with Crippen molar-refractivity contribution >= 4 is 29.2 Å². The zero-order valence-electron chi connectivity index (χ0n) is 37.8. The maximum atomic E-state index is 13.8. The van der Waals surface area contributed by atoms with Gasteiger partial charge in [0.05, 0.1) is 72.3 Å². The lowest BCUT2D eigenvalue weighted by atomic mass is 10.0. The molecule has 0 saturated heterocycles. The van der Waals surface area contributed by atoms with Gasteiger partial charge in [0.2, 0.25) is 0 Å². The first-order chi connectivity index (χ1) is 33.8. The number of benzene rings is 4. The molecule has 2 atom stereocenters. The highest BCUT2D eigenvalue weighted by Crippen LogP contribution is 2.30. The third-order valence-electron chi connectivity index (χ3n) is 11.2. The molecule has 21 heteroatoms. The zero-order valence-corrected chi connectivity index (χ0v) is 39.3. The predicted octanol–water partition coefficient (Wildman–Crippen LogP) is 9.92. The number of hydrogen-bond donors (Lipinski definition) is 2. The van der Waals surface area contributed by atoms with Gasteiger partial charge in [-0.1, -0.05) is 42.8 Å². The van der Waals surface area contributed by atoms with Gasteiger partial charge in [-0.2, -0.15) is 0 Å². The fourth-order valence-corrected chi connectivity index (χ4v) is 8.31. The van der Waals surface area contributed by atoms with Gasteiger partial charge < -0.3 is 33.4 Å². The second-order valence-corrected chi connectivity index (χ2v) is 16.9. The Bertz CT molecular complexity index is 3390. The maximum Gasteiger partial charge on any atom is 0.331 e. The van der Waals surface area contributed by atoms with E-state index in [1.54, 1.807) is 41.5 Å². The van der Waals surface area contributed by atoms with Gasteiger partial charge in [0, 0.05) is 48.8 Å². The number of aliphatic carboxylic acids is 1. The van der Waals surface area contributed by atoms with Crippen LogP contribution in [0.1, 0.15) is 64.3 Å². The molecule has 0 saturated carbocycles. The summed E-state index contributed by atoms with van der Waals surface area (Å²) in [6, 6.07) is 13.1. The summed E-state index contributed by atoms with van der Waals surface area (Å²) >= 11 is 12.4. The van der Waals surface area contributed by atoms with Gasteiger partial charge in [-0.3, -0.25) is 14.2 Å². The molecule has 0 spiro atoms. The fourth-order valence-electron chi connectivity index (χ4n) is 7.84. The van der Waals surface area contributed by atoms with Crippen LogP contribution in [-0.2, 0) is 17.6 Å². The highest BCUT2D eigenvalue weighted by Gasteiger charge is 2.28. The zero-order chi connectivity index (χ0) is 51.4. The van der Waals surface area contributed by atoms with Gasteiger partial charge >= 0.3 is 5.97 Å². The quantitative estimate of drug-likeness (QED) is 0.0800. The first kappa shape index (κ1) is 53.7. The van der Waals surface area contributed by atoms with Crippen LogP contribution in [0, 0.1) is 48.8 Å². The number of aliphatic hydroxyl groups excluding tert-OH is 1. The number of ether oxygens (including phenoxy) is 2. The summed E-state index contributed by atoms with van der Waals surface area (Å²) in [6.45, 7) is 3.05. The lowest BCUT2D eigenvalue weighted by Gasteiger charge is -2.20. The Kier molecular flexibility index (Phi) is 16.9. The molecule has 0 aliphatic rings. The molecule has 2 unspecified atom stereocenters. The van der Waals surface area contributed by atoms with Crippen molar-refractivity contribution in [3.8, 4) is 22.9 Å². The molecule has 4 heterocycles. The molecule has 0 aliphatic carbocycles. The van der Waals surface area contributed by atoms with Gasteiger partial charge in [-0.15, -0.1) is 0 Å². The van der Waals surface area contributed by atoms with Crippen LogP contribution in [-0.4, -0.2) is 65.2 Å². The Morgan fingerprint density at radius 3 is 1.40 bits per heavy atom. The molecule has 376 valence electrons. The first-order valence-corrected chi connectivity index (χ1v) is 21.9. The van der Waals surface area contributed by atoms with E-state index >= 15 is 0 Å². The number of carboxylic acids is 1. The first-order valence-electron chi connectivity index (χ1n) is 21.1. The smallest absolute Gasteiger partial charge is 0.331 e. The van der Waals surface area contributed by atoms with E-state index in [0.717, 1.165) is 55.8 Å². The van der Waals surface area contributed by atoms with Gasteiger partial charge in [0.1, 0.15) is 11.5 Å². The second-order valence-electron chi connectivity index (χ2n) is 16.0. The van der Waals surface area contributed by atoms with Crippen LogP contribution in [0.25, 0.3) is 11.4 Å². The number of rotatable bonds is 14. The van der Waals surface area contributed by atoms with Crippen LogP contribution in [0.2, 0.25) is 10.0 Å². The summed E-state index contributed by atoms with van der Waals surface area (Å²) in [5, 5.41) is 19.9. The molecule has 13 nitrogen and oxygen atoms in total. The van der Waals surface area contributed by atoms with Crippen molar-refractivity contribution in [1.82, 2.24) is 28.2 Å². The Morgan fingerprint density at radius 1 is 0.625 bits per heavy atom. The minimum atomic E-state index is -1.85. The monoisotopic (exact) mass is 1040 g/mol. The maximum absolute atomic E-state index is 13.8. The molecular weight excluding hydrogens is 993 g/mol. The number of methoxy groups -OCH3 is 2. The third-order valence-corrected chi connectivity index (χ3v) is 11.6. The molecule has 72 heavy (non-hydrogen) atoms. The number of aliphatic hydroxyl groups is 1. The molecular formula is C51H44Cl2F6N6O7. The predicted molar refractivity (Wildman–Crippen MR) is 257 cm³/mol. The van der Waals surface area contributed by atoms with Crippen molar-refractivity contribution in [2.75, 3.05) is 20.8 Å². The lowest BCUT2D eigenvalue weighted by molar-refractivity contribution is -0.139. The van der Waals surface area contributed by atoms with Gasteiger partial charge in [-0.25, -0.2) is 41.1 Å². The molecule has 8 rings (SSSR count). The van der Waals surface area contributed by atoms with E-state index in [0.29, 0.717) is 29.2 Å². The standard InChI is InChI=1S/C25H19ClF3N3O4.C25H21ClF3N3O3.CH4/c1-13-10-31(12-30-13)20-4-3-14(6-21(20)36-2)5-16-7-17(26)11-32(24(16)33)23(25(34)35)15-8-18(27)22(29)19(28)9-15;1-14-10-31(13-30-14)21-4-3-15(6-23(21)35-2)5-17-7-18(26)11-32(25(17)34)22(12-33)16-8-19(27)24(29)20(28)9-16;/h3-4,6-12,23H,5H2,1-2H3,(H,34,35);3-4,6-11,13,22,33H,5,12H2,1-2H3;1H4. The molecule has 0 radical (unpaired) electrons. The Morgan fingerprint density at radius 2 is 1.03 bits per heavy atom. The molecule has 2 N–H and O–H groups in total. The highest BCUT2D eigenvalue weighted by atomic mass is 35.5. The van der Waals surface area contributed by atoms with E-state index in [9.17, 15) is 50.9 Å². The van der Waals surface area contributed by atoms with Crippen LogP contribution in [0.3, 0.4) is 0 Å². The molecule has 0 fully saturated rings. The summed E-state index contributed by atoms with van der Waals surface area (Å²) in [5.41, 5.74) is 3.12. The van der Waals surface area contributed by atoms with E-state index in [4.69, 9.17) is 32.7 Å². The van der Waals surface area contributed by atoms with E-state index < -0.39 is 76.2 Å². The molecule has 4 aromatic carbocycles. The minimum absolute atomic E-state index is 0. The van der Waals surface area contributed by atoms with Crippen molar-refractivity contribution in [3.63, 3.8) is 0 Å². The number of nitrogens with zero attached hydrogens (tertiary/aromatic N) is 6. The normalized spacial score (nSPS) is 11.8. The number of aromatic nitrogens is 6. The van der Waals surface area contributed by atoms with Crippen LogP contribution in [0.5, 0.6) is 11.5 Å². The number of imidazole rings is 2. The number of pyridine rings is 2. The second kappa shape index (κ2) is 22.6. The van der Waals surface area contributed by atoms with E-state index in [-0.39, 0.29) is 47.0 Å². The van der Waals surface area contributed by atoms with E-state index in [1.807, 2.05) is 42.9 Å². The number of halogens is 8. The van der Waals surface area contributed by atoms with Crippen molar-refractivity contribution in [2.24, 2.45) is 0 Å². The summed E-state index contributed by atoms with van der Waals surface area (Å²) in [7, 11) is 3.03. The average Bonchev–Trinajstić information content (AvgIpc) is 3.97. The van der Waals surface area contributed by atoms with Crippen LogP contribution >= 0.6 is 23.2 Å². The number of carbonyl (C=O) groups is 1. The molecule has 4 aromatic heterocycles. The molecule has 0 amide bonds. The number of aryl methyl sites for hydroxylation is 2. The average molecular weight is 1040 g/mol. The minimum Gasteiger partial charge on any atom is -0.495 e. The summed E-state index contributed by atoms with van der Waals surface area (Å²) in [6.07, 6.45) is 9.51. The van der Waals surface area contributed by atoms with Gasteiger partial charge in [0.25, 0.3) is 11.1 Å². The van der Waals surface area contributed by atoms with Crippen molar-refractivity contribution in [1.29, 1.82) is 0 Å². The van der Waals surface area contributed by atoms with Gasteiger partial charge in [0.15, 0.2) is 40.9 Å². The summed E-state index contributed by atoms with van der Waals surface area (Å²) in [5.74, 6) is -9.89. The van der Waals surface area contributed by atoms with Crippen molar-refractivity contribution in [3.05, 3.63) is 221 Å². The summed E-state index contributed by atoms with van der Waals surface area (Å²) in [4.78, 5) is 47.0. The number of carboxylic acid groups (broad SMARTS) is 1. The van der Waals surface area contributed by atoms with Crippen LogP contribution < -0.4 is 20.6 Å². The molecule has 0 aliphatic heterocycles. The van der Waals surface area contributed by atoms with Crippen molar-refractivity contribution < 1.29 is 50.8 Å². The third kappa shape index (κ3) is 11.6. The van der Waals surface area contributed by atoms with Gasteiger partial charge in [-0.05, 0) is 96.8 Å². The lowest BCUT2D eigenvalue weighted by Crippen LogP contribution is -2.32. The molecule has 8 aromatic rings. The largest absolute Gasteiger partial charge is 0.495 e. The number of hydrogen-bond acceptors (Lipinski definition) is 8. The highest BCUT2D eigenvalue weighted by molar-refractivity contribution is 6.30. The van der Waals surface area contributed by atoms with E-state index in [2.05, 4.69) is 9.97 Å². The Labute approximate surface area is 417 Å². The van der Waals surface area contributed by atoms with Crippen molar-refractivity contribution in [2.45, 2.75) is 46.2 Å². The fraction of sp³-hybridized carbons (Fsp3) is 0.196. The van der Waals surface area contributed by atoms with E-state index in [1.165, 1.54) is 32.5 Å².